The fourth-order valence-electron chi connectivity index (χ4n) is 8.21. The molecule has 0 spiro atoms. The number of rotatable bonds is 6. The number of fused-ring (bicyclic) bond motifs is 4. The molecule has 264 valence electrons. The van der Waals surface area contributed by atoms with Gasteiger partial charge in [-0.1, -0.05) is 170 Å². The molecule has 0 fully saturated rings. The Bertz CT molecular complexity index is 3070. The van der Waals surface area contributed by atoms with Gasteiger partial charge in [-0.15, -0.1) is 0 Å². The normalized spacial score (nSPS) is 11.8. The summed E-state index contributed by atoms with van der Waals surface area (Å²) >= 11 is 0. The maximum Gasteiger partial charge on any atom is 0.140 e. The number of benzene rings is 10. The molecule has 0 saturated carbocycles. The highest BCUT2D eigenvalue weighted by atomic mass is 15.2. The predicted octanol–water partition coefficient (Wildman–Crippen LogP) is 14.5. The zero-order valence-corrected chi connectivity index (χ0v) is 31.1. The van der Waals surface area contributed by atoms with E-state index in [1.807, 2.05) is 36.4 Å². The van der Waals surface area contributed by atoms with Gasteiger partial charge < -0.3 is 4.90 Å². The van der Waals surface area contributed by atoms with Crippen LogP contribution in [-0.2, 0) is 0 Å². The first-order valence-electron chi connectivity index (χ1n) is 19.2. The van der Waals surface area contributed by atoms with Crippen molar-refractivity contribution >= 4 is 60.3 Å². The molecule has 0 aromatic heterocycles. The molecule has 0 unspecified atom stereocenters. The molecule has 10 aromatic rings. The largest absolute Gasteiger partial charge is 0.329 e. The van der Waals surface area contributed by atoms with E-state index in [4.69, 9.17) is 4.99 Å². The number of hydrogen-bond donors (Lipinski definition) is 0. The van der Waals surface area contributed by atoms with Gasteiger partial charge in [0.15, 0.2) is 0 Å². The second-order valence-corrected chi connectivity index (χ2v) is 14.4. The molecule has 0 atom stereocenters. The zero-order valence-electron chi connectivity index (χ0n) is 31.1. The summed E-state index contributed by atoms with van der Waals surface area (Å²) in [6, 6.07) is 76.5. The Morgan fingerprint density at radius 3 is 1.43 bits per heavy atom. The molecule has 0 saturated heterocycles. The SMILES string of the molecule is CN(/C(=N\c1ccccc1)c1ccc(-c2ccc3c(-c4ccc5ccccc5c4)c4ccccc4c(-c4ccc5ccccc5c4)c3c2)cc1)c1ccccc1. The fourth-order valence-corrected chi connectivity index (χ4v) is 8.21. The molecule has 2 nitrogen and oxygen atoms in total. The Morgan fingerprint density at radius 1 is 0.357 bits per heavy atom. The number of para-hydroxylation sites is 2. The van der Waals surface area contributed by atoms with E-state index in [9.17, 15) is 0 Å². The van der Waals surface area contributed by atoms with Crippen LogP contribution >= 0.6 is 0 Å². The minimum atomic E-state index is 0.887. The van der Waals surface area contributed by atoms with Gasteiger partial charge in [0.1, 0.15) is 5.84 Å². The quantitative estimate of drug-likeness (QED) is 0.0951. The molecule has 0 bridgehead atoms. The third-order valence-corrected chi connectivity index (χ3v) is 11.0. The third-order valence-electron chi connectivity index (χ3n) is 11.0. The number of amidine groups is 1. The van der Waals surface area contributed by atoms with Crippen LogP contribution in [0.5, 0.6) is 0 Å². The highest BCUT2D eigenvalue weighted by molar-refractivity contribution is 6.22. The van der Waals surface area contributed by atoms with Crippen LogP contribution < -0.4 is 4.90 Å². The monoisotopic (exact) mass is 714 g/mol. The lowest BCUT2D eigenvalue weighted by Crippen LogP contribution is -2.27. The van der Waals surface area contributed by atoms with Crippen molar-refractivity contribution in [2.24, 2.45) is 4.99 Å². The fraction of sp³-hybridized carbons (Fsp3) is 0.0185. The lowest BCUT2D eigenvalue weighted by Gasteiger charge is -2.22. The van der Waals surface area contributed by atoms with Gasteiger partial charge in [0.2, 0.25) is 0 Å². The van der Waals surface area contributed by atoms with Gasteiger partial charge in [0.25, 0.3) is 0 Å². The summed E-state index contributed by atoms with van der Waals surface area (Å²) in [5, 5.41) is 9.94. The van der Waals surface area contributed by atoms with Crippen molar-refractivity contribution in [3.63, 3.8) is 0 Å². The van der Waals surface area contributed by atoms with E-state index in [0.29, 0.717) is 0 Å². The van der Waals surface area contributed by atoms with E-state index < -0.39 is 0 Å². The average molecular weight is 715 g/mol. The molecule has 56 heavy (non-hydrogen) atoms. The molecule has 0 aliphatic heterocycles. The Hall–Kier alpha value is -7.29. The molecular weight excluding hydrogens is 677 g/mol. The van der Waals surface area contributed by atoms with Crippen molar-refractivity contribution in [3.05, 3.63) is 218 Å². The van der Waals surface area contributed by atoms with Gasteiger partial charge in [0, 0.05) is 18.3 Å². The van der Waals surface area contributed by atoms with Crippen LogP contribution in [0, 0.1) is 0 Å². The van der Waals surface area contributed by atoms with Crippen LogP contribution in [-0.4, -0.2) is 12.9 Å². The van der Waals surface area contributed by atoms with Gasteiger partial charge in [-0.25, -0.2) is 4.99 Å². The standard InChI is InChI=1S/C54H38N2/c1-56(47-20-6-3-7-21-47)54(55-46-18-4-2-5-19-46)40-28-24-39(25-29-40)43-32-33-50-51(36-43)53(45-31-27-38-15-9-11-17-42(38)35-45)49-23-13-12-22-48(49)52(50)44-30-26-37-14-8-10-16-41(37)34-44/h2-36H,1H3/b55-54-. The molecular formula is C54H38N2. The van der Waals surface area contributed by atoms with Crippen molar-refractivity contribution in [2.45, 2.75) is 0 Å². The first kappa shape index (κ1) is 33.3. The summed E-state index contributed by atoms with van der Waals surface area (Å²) in [5.74, 6) is 0.887. The lowest BCUT2D eigenvalue weighted by molar-refractivity contribution is 1.24. The maximum absolute atomic E-state index is 5.14. The van der Waals surface area contributed by atoms with E-state index >= 15 is 0 Å². The van der Waals surface area contributed by atoms with Crippen molar-refractivity contribution < 1.29 is 0 Å². The number of nitrogens with zero attached hydrogens (tertiary/aromatic N) is 2. The minimum absolute atomic E-state index is 0.887. The van der Waals surface area contributed by atoms with Gasteiger partial charge in [-0.05, 0) is 119 Å². The topological polar surface area (TPSA) is 15.6 Å². The maximum atomic E-state index is 5.14. The van der Waals surface area contributed by atoms with Crippen molar-refractivity contribution in [3.8, 4) is 33.4 Å². The third kappa shape index (κ3) is 6.08. The van der Waals surface area contributed by atoms with E-state index in [1.165, 1.54) is 70.9 Å². The molecule has 10 rings (SSSR count). The molecule has 0 radical (unpaired) electrons. The predicted molar refractivity (Wildman–Crippen MR) is 240 cm³/mol. The summed E-state index contributed by atoms with van der Waals surface area (Å²) in [6.07, 6.45) is 0. The zero-order chi connectivity index (χ0) is 37.4. The summed E-state index contributed by atoms with van der Waals surface area (Å²) in [7, 11) is 2.08. The van der Waals surface area contributed by atoms with Crippen LogP contribution in [0.25, 0.3) is 76.5 Å². The van der Waals surface area contributed by atoms with Crippen LogP contribution in [0.3, 0.4) is 0 Å². The minimum Gasteiger partial charge on any atom is -0.329 e. The Labute approximate surface area is 327 Å². The Balaban J connectivity index is 1.17. The molecule has 0 aliphatic carbocycles. The van der Waals surface area contributed by atoms with E-state index in [1.54, 1.807) is 0 Å². The Kier molecular flexibility index (Phi) is 8.42. The molecule has 2 heteroatoms. The first-order chi connectivity index (χ1) is 27.7. The summed E-state index contributed by atoms with van der Waals surface area (Å²) in [6.45, 7) is 0. The van der Waals surface area contributed by atoms with Gasteiger partial charge in [-0.2, -0.15) is 0 Å². The highest BCUT2D eigenvalue weighted by Gasteiger charge is 2.19. The molecule has 10 aromatic carbocycles. The van der Waals surface area contributed by atoms with E-state index in [-0.39, 0.29) is 0 Å². The number of hydrogen-bond acceptors (Lipinski definition) is 1. The first-order valence-corrected chi connectivity index (χ1v) is 19.2. The molecule has 0 heterocycles. The van der Waals surface area contributed by atoms with Crippen molar-refractivity contribution in [1.29, 1.82) is 0 Å². The summed E-state index contributed by atoms with van der Waals surface area (Å²) in [5.41, 5.74) is 10.3. The van der Waals surface area contributed by atoms with Crippen molar-refractivity contribution in [2.75, 3.05) is 11.9 Å². The van der Waals surface area contributed by atoms with E-state index in [0.717, 1.165) is 28.3 Å². The smallest absolute Gasteiger partial charge is 0.140 e. The average Bonchev–Trinajstić information content (AvgIpc) is 3.27. The van der Waals surface area contributed by atoms with E-state index in [2.05, 4.69) is 188 Å². The summed E-state index contributed by atoms with van der Waals surface area (Å²) < 4.78 is 0. The molecule has 0 N–H and O–H groups in total. The van der Waals surface area contributed by atoms with Gasteiger partial charge in [-0.3, -0.25) is 0 Å². The van der Waals surface area contributed by atoms with Crippen LogP contribution in [0.4, 0.5) is 11.4 Å². The lowest BCUT2D eigenvalue weighted by atomic mass is 9.84. The van der Waals surface area contributed by atoms with Gasteiger partial charge in [0.05, 0.1) is 5.69 Å². The second kappa shape index (κ2) is 14.2. The van der Waals surface area contributed by atoms with Gasteiger partial charge >= 0.3 is 0 Å². The molecule has 0 aliphatic rings. The molecule has 0 amide bonds. The van der Waals surface area contributed by atoms with Crippen molar-refractivity contribution in [1.82, 2.24) is 0 Å². The van der Waals surface area contributed by atoms with Crippen LogP contribution in [0.1, 0.15) is 5.56 Å². The summed E-state index contributed by atoms with van der Waals surface area (Å²) in [4.78, 5) is 7.30. The van der Waals surface area contributed by atoms with Crippen LogP contribution in [0.2, 0.25) is 0 Å². The highest BCUT2D eigenvalue weighted by Crippen LogP contribution is 2.45. The Morgan fingerprint density at radius 2 is 0.821 bits per heavy atom. The van der Waals surface area contributed by atoms with Crippen LogP contribution in [0.15, 0.2) is 217 Å². The number of aliphatic imine (C=N–C) groups is 1. The second-order valence-electron chi connectivity index (χ2n) is 14.4. The number of anilines is 1.